The van der Waals surface area contributed by atoms with Crippen molar-refractivity contribution in [3.05, 3.63) is 65.2 Å². The summed E-state index contributed by atoms with van der Waals surface area (Å²) < 4.78 is 33.0. The van der Waals surface area contributed by atoms with E-state index in [1.54, 1.807) is 29.5 Å². The van der Waals surface area contributed by atoms with E-state index in [0.29, 0.717) is 23.8 Å². The van der Waals surface area contributed by atoms with Gasteiger partial charge in [0.25, 0.3) is 10.0 Å². The minimum absolute atomic E-state index is 0.0511. The molecular formula is C20H19N3O4S2. The second-order valence-corrected chi connectivity index (χ2v) is 9.09. The Bertz CT molecular complexity index is 1140. The van der Waals surface area contributed by atoms with Crippen LogP contribution in [0.4, 0.5) is 10.8 Å². The number of benzene rings is 2. The molecule has 29 heavy (non-hydrogen) atoms. The number of nitrogens with one attached hydrogen (secondary N) is 1. The van der Waals surface area contributed by atoms with E-state index >= 15 is 0 Å². The molecule has 0 aliphatic carbocycles. The van der Waals surface area contributed by atoms with Crippen molar-refractivity contribution in [3.63, 3.8) is 0 Å². The maximum Gasteiger partial charge on any atom is 0.263 e. The van der Waals surface area contributed by atoms with Crippen molar-refractivity contribution >= 4 is 38.1 Å². The smallest absolute Gasteiger partial charge is 0.263 e. The van der Waals surface area contributed by atoms with E-state index < -0.39 is 10.0 Å². The van der Waals surface area contributed by atoms with Crippen LogP contribution in [0.25, 0.3) is 0 Å². The van der Waals surface area contributed by atoms with Crippen molar-refractivity contribution in [1.82, 2.24) is 4.98 Å². The van der Waals surface area contributed by atoms with Crippen molar-refractivity contribution in [1.29, 1.82) is 0 Å². The third-order valence-corrected chi connectivity index (χ3v) is 6.90. The molecule has 1 aliphatic rings. The molecule has 7 nitrogen and oxygen atoms in total. The molecule has 0 fully saturated rings. The number of carbonyl (C=O) groups excluding carboxylic acids is 1. The molecule has 0 saturated heterocycles. The van der Waals surface area contributed by atoms with E-state index in [4.69, 9.17) is 4.74 Å². The van der Waals surface area contributed by atoms with Crippen molar-refractivity contribution < 1.29 is 17.9 Å². The summed E-state index contributed by atoms with van der Waals surface area (Å²) in [6.07, 6.45) is 2.36. The largest absolute Gasteiger partial charge is 0.496 e. The fraction of sp³-hybridized carbons (Fsp3) is 0.200. The number of ether oxygens (including phenoxy) is 1. The first-order valence-electron chi connectivity index (χ1n) is 8.95. The highest BCUT2D eigenvalue weighted by molar-refractivity contribution is 7.93. The zero-order valence-electron chi connectivity index (χ0n) is 15.7. The molecule has 150 valence electrons. The SMILES string of the molecule is COc1ccccc1CC(=O)N1CCc2cc(S(=O)(=O)Nc3nccs3)ccc21. The van der Waals surface area contributed by atoms with E-state index in [1.165, 1.54) is 23.6 Å². The molecule has 2 heterocycles. The predicted molar refractivity (Wildman–Crippen MR) is 112 cm³/mol. The predicted octanol–water partition coefficient (Wildman–Crippen LogP) is 3.08. The number of anilines is 2. The number of aromatic nitrogens is 1. The Balaban J connectivity index is 1.54. The summed E-state index contributed by atoms with van der Waals surface area (Å²) in [6.45, 7) is 0.521. The van der Waals surface area contributed by atoms with Gasteiger partial charge in [-0.2, -0.15) is 0 Å². The number of sulfonamides is 1. The zero-order chi connectivity index (χ0) is 20.4. The number of para-hydroxylation sites is 1. The minimum Gasteiger partial charge on any atom is -0.496 e. The quantitative estimate of drug-likeness (QED) is 0.651. The number of thiazole rings is 1. The van der Waals surface area contributed by atoms with Gasteiger partial charge >= 0.3 is 0 Å². The molecule has 4 rings (SSSR count). The summed E-state index contributed by atoms with van der Waals surface area (Å²) in [4.78, 5) is 18.7. The summed E-state index contributed by atoms with van der Waals surface area (Å²) in [5.74, 6) is 0.625. The maximum absolute atomic E-state index is 12.9. The van der Waals surface area contributed by atoms with Crippen LogP contribution in [0.3, 0.4) is 0 Å². The number of hydrogen-bond donors (Lipinski definition) is 1. The molecule has 9 heteroatoms. The molecule has 2 aromatic carbocycles. The van der Waals surface area contributed by atoms with Gasteiger partial charge in [0.1, 0.15) is 5.75 Å². The molecule has 3 aromatic rings. The molecule has 1 amide bonds. The Morgan fingerprint density at radius 1 is 1.28 bits per heavy atom. The lowest BCUT2D eigenvalue weighted by molar-refractivity contribution is -0.117. The van der Waals surface area contributed by atoms with Gasteiger partial charge in [-0.25, -0.2) is 13.4 Å². The van der Waals surface area contributed by atoms with E-state index in [2.05, 4.69) is 9.71 Å². The van der Waals surface area contributed by atoms with Crippen LogP contribution in [-0.2, 0) is 27.7 Å². The average molecular weight is 430 g/mol. The lowest BCUT2D eigenvalue weighted by Gasteiger charge is -2.18. The normalized spacial score (nSPS) is 13.2. The second-order valence-electron chi connectivity index (χ2n) is 6.52. The van der Waals surface area contributed by atoms with Gasteiger partial charge in [-0.1, -0.05) is 18.2 Å². The lowest BCUT2D eigenvalue weighted by Crippen LogP contribution is -2.30. The Morgan fingerprint density at radius 2 is 2.10 bits per heavy atom. The molecule has 0 radical (unpaired) electrons. The number of fused-ring (bicyclic) bond motifs is 1. The van der Waals surface area contributed by atoms with Crippen LogP contribution >= 0.6 is 11.3 Å². The highest BCUT2D eigenvalue weighted by Gasteiger charge is 2.27. The summed E-state index contributed by atoms with van der Waals surface area (Å²) in [7, 11) is -2.14. The first-order chi connectivity index (χ1) is 14.0. The van der Waals surface area contributed by atoms with Crippen molar-refractivity contribution in [2.75, 3.05) is 23.3 Å². The monoisotopic (exact) mass is 429 g/mol. The van der Waals surface area contributed by atoms with Crippen molar-refractivity contribution in [2.45, 2.75) is 17.7 Å². The van der Waals surface area contributed by atoms with Crippen molar-refractivity contribution in [3.8, 4) is 5.75 Å². The Hall–Kier alpha value is -2.91. The fourth-order valence-corrected chi connectivity index (χ4v) is 5.20. The van der Waals surface area contributed by atoms with Crippen LogP contribution in [0, 0.1) is 0 Å². The number of amides is 1. The van der Waals surface area contributed by atoms with Crippen LogP contribution < -0.4 is 14.4 Å². The van der Waals surface area contributed by atoms with Gasteiger partial charge in [0.15, 0.2) is 5.13 Å². The van der Waals surface area contributed by atoms with Crippen LogP contribution in [0.2, 0.25) is 0 Å². The molecular weight excluding hydrogens is 410 g/mol. The van der Waals surface area contributed by atoms with Gasteiger partial charge in [-0.15, -0.1) is 11.3 Å². The van der Waals surface area contributed by atoms with Gasteiger partial charge in [0.05, 0.1) is 18.4 Å². The molecule has 0 spiro atoms. The third kappa shape index (κ3) is 3.96. The van der Waals surface area contributed by atoms with E-state index in [0.717, 1.165) is 16.8 Å². The first kappa shape index (κ1) is 19.4. The minimum atomic E-state index is -3.72. The van der Waals surface area contributed by atoms with Gasteiger partial charge < -0.3 is 9.64 Å². The summed E-state index contributed by atoms with van der Waals surface area (Å²) in [5, 5.41) is 2.02. The molecule has 0 atom stereocenters. The Labute approximate surface area is 173 Å². The Morgan fingerprint density at radius 3 is 2.86 bits per heavy atom. The topological polar surface area (TPSA) is 88.6 Å². The van der Waals surface area contributed by atoms with Gasteiger partial charge in [0, 0.05) is 29.4 Å². The van der Waals surface area contributed by atoms with Crippen LogP contribution in [0.5, 0.6) is 5.75 Å². The van der Waals surface area contributed by atoms with Crippen molar-refractivity contribution in [2.24, 2.45) is 0 Å². The van der Waals surface area contributed by atoms with Gasteiger partial charge in [-0.05, 0) is 36.2 Å². The van der Waals surface area contributed by atoms with Gasteiger partial charge in [0.2, 0.25) is 5.91 Å². The molecule has 1 aromatic heterocycles. The van der Waals surface area contributed by atoms with Gasteiger partial charge in [-0.3, -0.25) is 9.52 Å². The number of methoxy groups -OCH3 is 1. The number of carbonyl (C=O) groups is 1. The highest BCUT2D eigenvalue weighted by atomic mass is 32.2. The zero-order valence-corrected chi connectivity index (χ0v) is 17.3. The average Bonchev–Trinajstić information content (AvgIpc) is 3.37. The molecule has 0 unspecified atom stereocenters. The van der Waals surface area contributed by atoms with Crippen LogP contribution in [-0.4, -0.2) is 33.0 Å². The molecule has 0 saturated carbocycles. The third-order valence-electron chi connectivity index (χ3n) is 4.75. The highest BCUT2D eigenvalue weighted by Crippen LogP contribution is 2.32. The van der Waals surface area contributed by atoms with Crippen LogP contribution in [0.1, 0.15) is 11.1 Å². The second kappa shape index (κ2) is 7.84. The molecule has 1 N–H and O–H groups in total. The first-order valence-corrected chi connectivity index (χ1v) is 11.3. The maximum atomic E-state index is 12.9. The number of nitrogens with zero attached hydrogens (tertiary/aromatic N) is 2. The van der Waals surface area contributed by atoms with E-state index in [9.17, 15) is 13.2 Å². The summed E-state index contributed by atoms with van der Waals surface area (Å²) >= 11 is 1.21. The molecule has 1 aliphatic heterocycles. The van der Waals surface area contributed by atoms with E-state index in [1.807, 2.05) is 24.3 Å². The number of rotatable bonds is 6. The summed E-state index contributed by atoms with van der Waals surface area (Å²) in [6, 6.07) is 12.3. The molecule has 0 bridgehead atoms. The van der Waals surface area contributed by atoms with E-state index in [-0.39, 0.29) is 17.2 Å². The number of hydrogen-bond acceptors (Lipinski definition) is 6. The Kier molecular flexibility index (Phi) is 5.25. The lowest BCUT2D eigenvalue weighted by atomic mass is 10.1. The fourth-order valence-electron chi connectivity index (χ4n) is 3.36. The standard InChI is InChI=1S/C20H19N3O4S2/c1-27-18-5-3-2-4-15(18)13-19(24)23-10-8-14-12-16(6-7-17(14)23)29(25,26)22-20-21-9-11-28-20/h2-7,9,11-12H,8,10,13H2,1H3,(H,21,22). The van der Waals surface area contributed by atoms with Crippen LogP contribution in [0.15, 0.2) is 58.9 Å². The summed E-state index contributed by atoms with van der Waals surface area (Å²) in [5.41, 5.74) is 2.40.